The van der Waals surface area contributed by atoms with E-state index in [1.54, 1.807) is 13.3 Å². The number of nitrogens with zero attached hydrogens (tertiary/aromatic N) is 3. The molecule has 1 saturated carbocycles. The predicted octanol–water partition coefficient (Wildman–Crippen LogP) is 7.73. The van der Waals surface area contributed by atoms with Crippen LogP contribution in [0.4, 0.5) is 5.82 Å². The van der Waals surface area contributed by atoms with Crippen LogP contribution in [-0.4, -0.2) is 22.8 Å². The van der Waals surface area contributed by atoms with Crippen molar-refractivity contribution in [2.75, 3.05) is 7.11 Å². The molecule has 36 heavy (non-hydrogen) atoms. The van der Waals surface area contributed by atoms with Crippen molar-refractivity contribution in [1.29, 1.82) is 0 Å². The molecule has 0 radical (unpaired) electrons. The summed E-state index contributed by atoms with van der Waals surface area (Å²) in [5.74, 6) is 2.15. The molecule has 3 aromatic carbocycles. The normalized spacial score (nSPS) is 16.5. The van der Waals surface area contributed by atoms with Crippen LogP contribution in [0.3, 0.4) is 0 Å². The summed E-state index contributed by atoms with van der Waals surface area (Å²) >= 11 is 6.23. The number of halogens is 1. The number of fused-ring (bicyclic) bond motifs is 1. The number of methoxy groups -OCH3 is 1. The molecule has 5 heteroatoms. The highest BCUT2D eigenvalue weighted by molar-refractivity contribution is 6.30. The van der Waals surface area contributed by atoms with Crippen molar-refractivity contribution in [3.05, 3.63) is 131 Å². The fraction of sp³-hybridized carbons (Fsp3) is 0.129. The van der Waals surface area contributed by atoms with Gasteiger partial charge in [0.25, 0.3) is 0 Å². The average Bonchev–Trinajstić information content (AvgIpc) is 3.73. The van der Waals surface area contributed by atoms with E-state index in [0.717, 1.165) is 50.6 Å². The predicted molar refractivity (Wildman–Crippen MR) is 146 cm³/mol. The molecule has 0 aliphatic heterocycles. The molecule has 4 nitrogen and oxygen atoms in total. The Hall–Kier alpha value is -4.02. The Labute approximate surface area is 215 Å². The van der Waals surface area contributed by atoms with Crippen LogP contribution >= 0.6 is 11.6 Å². The highest BCUT2D eigenvalue weighted by Crippen LogP contribution is 2.55. The highest BCUT2D eigenvalue weighted by atomic mass is 35.5. The summed E-state index contributed by atoms with van der Waals surface area (Å²) in [6.07, 6.45) is 2.85. The molecule has 5 aromatic rings. The third kappa shape index (κ3) is 4.48. The zero-order valence-corrected chi connectivity index (χ0v) is 20.6. The molecule has 0 amide bonds. The lowest BCUT2D eigenvalue weighted by molar-refractivity contribution is 0.418. The zero-order chi connectivity index (χ0) is 24.5. The minimum Gasteiger partial charge on any atom is -0.496 e. The average molecular weight is 490 g/mol. The Bertz CT molecular complexity index is 1530. The van der Waals surface area contributed by atoms with E-state index in [4.69, 9.17) is 26.3 Å². The maximum atomic E-state index is 6.23. The summed E-state index contributed by atoms with van der Waals surface area (Å²) in [4.78, 5) is 14.7. The third-order valence-corrected chi connectivity index (χ3v) is 6.88. The lowest BCUT2D eigenvalue weighted by atomic mass is 10.0. The van der Waals surface area contributed by atoms with Crippen molar-refractivity contribution in [2.45, 2.75) is 18.3 Å². The second-order valence-electron chi connectivity index (χ2n) is 9.01. The SMILES string of the molecule is COc1cc([C@H]2C[C@@H]2c2cccc(Cl)c2)nc2cc(N=C(c3ccccc3)c3ccccc3)ncc12. The van der Waals surface area contributed by atoms with E-state index in [9.17, 15) is 0 Å². The Morgan fingerprint density at radius 3 is 2.25 bits per heavy atom. The number of benzene rings is 3. The van der Waals surface area contributed by atoms with E-state index in [-0.39, 0.29) is 0 Å². The van der Waals surface area contributed by atoms with Crippen molar-refractivity contribution in [3.8, 4) is 5.75 Å². The van der Waals surface area contributed by atoms with Crippen LogP contribution in [0.1, 0.15) is 40.6 Å². The minimum absolute atomic E-state index is 0.339. The molecular weight excluding hydrogens is 466 g/mol. The van der Waals surface area contributed by atoms with Gasteiger partial charge in [0.05, 0.1) is 23.7 Å². The first-order valence-corrected chi connectivity index (χ1v) is 12.4. The van der Waals surface area contributed by atoms with E-state index < -0.39 is 0 Å². The lowest BCUT2D eigenvalue weighted by Crippen LogP contribution is -2.03. The first kappa shape index (κ1) is 22.4. The number of rotatable bonds is 6. The lowest BCUT2D eigenvalue weighted by Gasteiger charge is -2.10. The standard InChI is InChI=1S/C31H24ClN3O/c1-36-29-17-27(25-16-24(25)22-13-8-14-23(32)15-22)34-28-18-30(33-19-26(28)29)35-31(20-9-4-2-5-10-20)21-11-6-3-7-12-21/h2-15,17-19,24-25H,16H2,1H3/t24-,25+/m1/s1. The second kappa shape index (κ2) is 9.56. The van der Waals surface area contributed by atoms with E-state index in [0.29, 0.717) is 17.7 Å². The molecule has 2 aromatic heterocycles. The minimum atomic E-state index is 0.339. The molecule has 0 N–H and O–H groups in total. The van der Waals surface area contributed by atoms with E-state index in [1.165, 1.54) is 5.56 Å². The number of ether oxygens (including phenoxy) is 1. The van der Waals surface area contributed by atoms with E-state index >= 15 is 0 Å². The van der Waals surface area contributed by atoms with Crippen LogP contribution in [-0.2, 0) is 0 Å². The Kier molecular flexibility index (Phi) is 5.96. The van der Waals surface area contributed by atoms with Crippen molar-refractivity contribution < 1.29 is 4.74 Å². The smallest absolute Gasteiger partial charge is 0.154 e. The molecule has 1 fully saturated rings. The van der Waals surface area contributed by atoms with Gasteiger partial charge >= 0.3 is 0 Å². The van der Waals surface area contributed by atoms with Gasteiger partial charge in [0.1, 0.15) is 5.75 Å². The van der Waals surface area contributed by atoms with Gasteiger partial charge in [-0.25, -0.2) is 9.98 Å². The van der Waals surface area contributed by atoms with E-state index in [1.807, 2.05) is 60.7 Å². The molecule has 1 aliphatic carbocycles. The van der Waals surface area contributed by atoms with Gasteiger partial charge in [-0.15, -0.1) is 0 Å². The molecule has 2 heterocycles. The molecule has 176 valence electrons. The summed E-state index contributed by atoms with van der Waals surface area (Å²) in [5.41, 5.74) is 6.05. The molecule has 2 atom stereocenters. The number of aromatic nitrogens is 2. The number of hydrogen-bond acceptors (Lipinski definition) is 4. The Morgan fingerprint density at radius 1 is 0.861 bits per heavy atom. The number of pyridine rings is 2. The van der Waals surface area contributed by atoms with Crippen molar-refractivity contribution in [3.63, 3.8) is 0 Å². The Balaban J connectivity index is 1.41. The highest BCUT2D eigenvalue weighted by Gasteiger charge is 2.41. The topological polar surface area (TPSA) is 47.4 Å². The third-order valence-electron chi connectivity index (χ3n) is 6.65. The molecular formula is C31H24ClN3O. The summed E-state index contributed by atoms with van der Waals surface area (Å²) in [7, 11) is 1.69. The number of aliphatic imine (C=N–C) groups is 1. The zero-order valence-electron chi connectivity index (χ0n) is 19.8. The van der Waals surface area contributed by atoms with Gasteiger partial charge in [0, 0.05) is 46.1 Å². The van der Waals surface area contributed by atoms with Crippen LogP contribution in [0, 0.1) is 0 Å². The molecule has 1 aliphatic rings. The van der Waals surface area contributed by atoms with Gasteiger partial charge in [-0.05, 0) is 30.0 Å². The van der Waals surface area contributed by atoms with Gasteiger partial charge in [0.15, 0.2) is 5.82 Å². The van der Waals surface area contributed by atoms with Gasteiger partial charge in [-0.1, -0.05) is 84.4 Å². The molecule has 0 unspecified atom stereocenters. The van der Waals surface area contributed by atoms with Crippen LogP contribution in [0.25, 0.3) is 10.9 Å². The summed E-state index contributed by atoms with van der Waals surface area (Å²) in [5, 5.41) is 1.64. The second-order valence-corrected chi connectivity index (χ2v) is 9.44. The van der Waals surface area contributed by atoms with Gasteiger partial charge < -0.3 is 4.74 Å². The quantitative estimate of drug-likeness (QED) is 0.229. The van der Waals surface area contributed by atoms with E-state index in [2.05, 4.69) is 41.4 Å². The van der Waals surface area contributed by atoms with Gasteiger partial charge in [0.2, 0.25) is 0 Å². The van der Waals surface area contributed by atoms with Crippen molar-refractivity contribution in [1.82, 2.24) is 9.97 Å². The van der Waals surface area contributed by atoms with Crippen LogP contribution in [0.15, 0.2) is 108 Å². The summed E-state index contributed by atoms with van der Waals surface area (Å²) in [6, 6.07) is 32.5. The number of hydrogen-bond donors (Lipinski definition) is 0. The first-order valence-electron chi connectivity index (χ1n) is 12.0. The van der Waals surface area contributed by atoms with Gasteiger partial charge in [-0.2, -0.15) is 0 Å². The largest absolute Gasteiger partial charge is 0.496 e. The molecule has 0 spiro atoms. The molecule has 6 rings (SSSR count). The molecule has 0 saturated heterocycles. The van der Waals surface area contributed by atoms with Crippen LogP contribution in [0.5, 0.6) is 5.75 Å². The molecule has 0 bridgehead atoms. The van der Waals surface area contributed by atoms with Gasteiger partial charge in [-0.3, -0.25) is 4.98 Å². The van der Waals surface area contributed by atoms with Crippen LogP contribution < -0.4 is 4.74 Å². The Morgan fingerprint density at radius 2 is 1.58 bits per heavy atom. The van der Waals surface area contributed by atoms with Crippen molar-refractivity contribution in [2.24, 2.45) is 4.99 Å². The van der Waals surface area contributed by atoms with Crippen molar-refractivity contribution >= 4 is 34.0 Å². The maximum absolute atomic E-state index is 6.23. The summed E-state index contributed by atoms with van der Waals surface area (Å²) in [6.45, 7) is 0. The summed E-state index contributed by atoms with van der Waals surface area (Å²) < 4.78 is 5.73. The fourth-order valence-electron chi connectivity index (χ4n) is 4.75. The fourth-order valence-corrected chi connectivity index (χ4v) is 4.95. The maximum Gasteiger partial charge on any atom is 0.154 e. The van der Waals surface area contributed by atoms with Crippen LogP contribution in [0.2, 0.25) is 5.02 Å². The monoisotopic (exact) mass is 489 g/mol. The first-order chi connectivity index (χ1) is 17.7.